The van der Waals surface area contributed by atoms with Gasteiger partial charge < -0.3 is 15.5 Å². The quantitative estimate of drug-likeness (QED) is 0.634. The van der Waals surface area contributed by atoms with Gasteiger partial charge in [0, 0.05) is 44.2 Å². The van der Waals surface area contributed by atoms with E-state index in [1.807, 2.05) is 29.9 Å². The van der Waals surface area contributed by atoms with E-state index in [4.69, 9.17) is 0 Å². The summed E-state index contributed by atoms with van der Waals surface area (Å²) in [6.45, 7) is 2.71. The number of aryl methyl sites for hydroxylation is 1. The number of fused-ring (bicyclic) bond motifs is 2. The van der Waals surface area contributed by atoms with Crippen molar-refractivity contribution >= 4 is 23.5 Å². The predicted octanol–water partition coefficient (Wildman–Crippen LogP) is 0.439. The molecule has 1 unspecified atom stereocenters. The van der Waals surface area contributed by atoms with Crippen molar-refractivity contribution in [2.24, 2.45) is 7.05 Å². The van der Waals surface area contributed by atoms with Gasteiger partial charge in [-0.25, -0.2) is 0 Å². The zero-order valence-corrected chi connectivity index (χ0v) is 16.8. The number of carbonyl (C=O) groups excluding carboxylic acids is 3. The van der Waals surface area contributed by atoms with Gasteiger partial charge in [-0.15, -0.1) is 0 Å². The molecule has 0 bridgehead atoms. The molecule has 30 heavy (non-hydrogen) atoms. The molecule has 3 aliphatic rings. The van der Waals surface area contributed by atoms with Crippen LogP contribution in [0.3, 0.4) is 0 Å². The SMILES string of the molecule is Cn1nc2c(c1NCc1ccc3c(c1)C(=O)N(C1CCC(=O)NC1=O)C3)CCNC2. The molecule has 9 heteroatoms. The van der Waals surface area contributed by atoms with Crippen molar-refractivity contribution in [2.75, 3.05) is 11.9 Å². The largest absolute Gasteiger partial charge is 0.366 e. The van der Waals surface area contributed by atoms with E-state index in [2.05, 4.69) is 21.0 Å². The third-order valence-electron chi connectivity index (χ3n) is 6.13. The van der Waals surface area contributed by atoms with Gasteiger partial charge >= 0.3 is 0 Å². The smallest absolute Gasteiger partial charge is 0.255 e. The first-order valence-corrected chi connectivity index (χ1v) is 10.3. The number of aromatic nitrogens is 2. The Labute approximate surface area is 173 Å². The third kappa shape index (κ3) is 3.15. The lowest BCUT2D eigenvalue weighted by atomic mass is 10.0. The van der Waals surface area contributed by atoms with Crippen molar-refractivity contribution in [3.63, 3.8) is 0 Å². The molecule has 0 aliphatic carbocycles. The topological polar surface area (TPSA) is 108 Å². The summed E-state index contributed by atoms with van der Waals surface area (Å²) in [6, 6.07) is 5.29. The molecular formula is C21H24N6O3. The summed E-state index contributed by atoms with van der Waals surface area (Å²) < 4.78 is 1.88. The summed E-state index contributed by atoms with van der Waals surface area (Å²) in [7, 11) is 1.94. The Balaban J connectivity index is 1.31. The van der Waals surface area contributed by atoms with Crippen LogP contribution in [0.4, 0.5) is 5.82 Å². The van der Waals surface area contributed by atoms with E-state index in [-0.39, 0.29) is 24.1 Å². The number of hydrogen-bond acceptors (Lipinski definition) is 6. The van der Waals surface area contributed by atoms with Gasteiger partial charge in [-0.2, -0.15) is 5.10 Å². The fourth-order valence-corrected chi connectivity index (χ4v) is 4.57. The molecular weight excluding hydrogens is 384 g/mol. The number of nitrogens with zero attached hydrogens (tertiary/aromatic N) is 3. The number of amides is 3. The lowest BCUT2D eigenvalue weighted by Gasteiger charge is -2.29. The minimum atomic E-state index is -0.584. The lowest BCUT2D eigenvalue weighted by molar-refractivity contribution is -0.136. The maximum atomic E-state index is 13.0. The zero-order valence-electron chi connectivity index (χ0n) is 16.8. The van der Waals surface area contributed by atoms with E-state index in [1.165, 1.54) is 5.56 Å². The highest BCUT2D eigenvalue weighted by Gasteiger charge is 2.39. The van der Waals surface area contributed by atoms with Crippen LogP contribution in [0.2, 0.25) is 0 Å². The van der Waals surface area contributed by atoms with Gasteiger partial charge in [-0.05, 0) is 36.6 Å². The Bertz CT molecular complexity index is 1060. The lowest BCUT2D eigenvalue weighted by Crippen LogP contribution is -2.52. The maximum absolute atomic E-state index is 13.0. The molecule has 3 amide bonds. The van der Waals surface area contributed by atoms with E-state index >= 15 is 0 Å². The highest BCUT2D eigenvalue weighted by molar-refractivity contribution is 6.05. The normalized spacial score (nSPS) is 20.8. The molecule has 2 aromatic rings. The van der Waals surface area contributed by atoms with Gasteiger partial charge in [0.25, 0.3) is 5.91 Å². The fourth-order valence-electron chi connectivity index (χ4n) is 4.57. The van der Waals surface area contributed by atoms with Crippen molar-refractivity contribution in [1.29, 1.82) is 0 Å². The van der Waals surface area contributed by atoms with E-state index in [0.717, 1.165) is 42.1 Å². The molecule has 0 radical (unpaired) electrons. The van der Waals surface area contributed by atoms with Gasteiger partial charge in [-0.1, -0.05) is 12.1 Å². The molecule has 156 valence electrons. The first-order valence-electron chi connectivity index (χ1n) is 10.3. The standard InChI is InChI=1S/C21H24N6O3/c1-26-19(14-6-7-22-10-16(14)25-26)23-9-12-2-3-13-11-27(21(30)15(13)8-12)17-4-5-18(28)24-20(17)29/h2-3,8,17,22-23H,4-7,9-11H2,1H3,(H,24,28,29). The number of hydrogen-bond donors (Lipinski definition) is 3. The van der Waals surface area contributed by atoms with Crippen molar-refractivity contribution in [2.45, 2.75) is 44.9 Å². The zero-order chi connectivity index (χ0) is 20.8. The average Bonchev–Trinajstić information content (AvgIpc) is 3.22. The Morgan fingerprint density at radius 2 is 2.10 bits per heavy atom. The minimum Gasteiger partial charge on any atom is -0.366 e. The summed E-state index contributed by atoms with van der Waals surface area (Å²) >= 11 is 0. The summed E-state index contributed by atoms with van der Waals surface area (Å²) in [4.78, 5) is 38.2. The molecule has 1 fully saturated rings. The first-order chi connectivity index (χ1) is 14.5. The number of anilines is 1. The second-order valence-corrected chi connectivity index (χ2v) is 8.07. The summed E-state index contributed by atoms with van der Waals surface area (Å²) in [6.07, 6.45) is 1.57. The molecule has 1 saturated heterocycles. The van der Waals surface area contributed by atoms with E-state index in [9.17, 15) is 14.4 Å². The van der Waals surface area contributed by atoms with Crippen LogP contribution in [0.25, 0.3) is 0 Å². The van der Waals surface area contributed by atoms with Crippen molar-refractivity contribution in [3.05, 3.63) is 46.1 Å². The minimum absolute atomic E-state index is 0.148. The highest BCUT2D eigenvalue weighted by Crippen LogP contribution is 2.29. The van der Waals surface area contributed by atoms with Crippen molar-refractivity contribution < 1.29 is 14.4 Å². The van der Waals surface area contributed by atoms with E-state index < -0.39 is 6.04 Å². The van der Waals surface area contributed by atoms with Crippen LogP contribution in [0.15, 0.2) is 18.2 Å². The molecule has 0 spiro atoms. The Morgan fingerprint density at radius 3 is 2.93 bits per heavy atom. The molecule has 4 heterocycles. The summed E-state index contributed by atoms with van der Waals surface area (Å²) in [5, 5.41) is 13.7. The second-order valence-electron chi connectivity index (χ2n) is 8.07. The van der Waals surface area contributed by atoms with Gasteiger partial charge in [0.2, 0.25) is 11.8 Å². The molecule has 9 nitrogen and oxygen atoms in total. The summed E-state index contributed by atoms with van der Waals surface area (Å²) in [5.74, 6) is 0.209. The van der Waals surface area contributed by atoms with Crippen molar-refractivity contribution in [3.8, 4) is 0 Å². The van der Waals surface area contributed by atoms with Crippen LogP contribution < -0.4 is 16.0 Å². The van der Waals surface area contributed by atoms with Gasteiger partial charge in [-0.3, -0.25) is 24.4 Å². The molecule has 3 N–H and O–H groups in total. The maximum Gasteiger partial charge on any atom is 0.255 e. The van der Waals surface area contributed by atoms with Crippen LogP contribution in [-0.2, 0) is 42.7 Å². The third-order valence-corrected chi connectivity index (χ3v) is 6.13. The van der Waals surface area contributed by atoms with Crippen LogP contribution in [-0.4, -0.2) is 45.0 Å². The summed E-state index contributed by atoms with van der Waals surface area (Å²) in [5.41, 5.74) is 4.87. The van der Waals surface area contributed by atoms with Crippen LogP contribution in [0.1, 0.15) is 45.6 Å². The molecule has 3 aliphatic heterocycles. The van der Waals surface area contributed by atoms with Crippen LogP contribution >= 0.6 is 0 Å². The van der Waals surface area contributed by atoms with Gasteiger partial charge in [0.15, 0.2) is 0 Å². The van der Waals surface area contributed by atoms with Gasteiger partial charge in [0.05, 0.1) is 5.69 Å². The van der Waals surface area contributed by atoms with Crippen molar-refractivity contribution in [1.82, 2.24) is 25.3 Å². The number of piperidine rings is 1. The monoisotopic (exact) mass is 408 g/mol. The number of imide groups is 1. The Kier molecular flexibility index (Phi) is 4.54. The first kappa shape index (κ1) is 18.8. The molecule has 1 atom stereocenters. The highest BCUT2D eigenvalue weighted by atomic mass is 16.2. The molecule has 0 saturated carbocycles. The van der Waals surface area contributed by atoms with Gasteiger partial charge in [0.1, 0.15) is 11.9 Å². The fraction of sp³-hybridized carbons (Fsp3) is 0.429. The average molecular weight is 408 g/mol. The van der Waals surface area contributed by atoms with Crippen LogP contribution in [0.5, 0.6) is 0 Å². The molecule has 5 rings (SSSR count). The number of rotatable bonds is 4. The van der Waals surface area contributed by atoms with E-state index in [1.54, 1.807) is 4.90 Å². The number of benzene rings is 1. The predicted molar refractivity (Wildman–Crippen MR) is 108 cm³/mol. The second kappa shape index (κ2) is 7.24. The molecule has 1 aromatic carbocycles. The van der Waals surface area contributed by atoms with Crippen LogP contribution in [0, 0.1) is 0 Å². The number of nitrogens with one attached hydrogen (secondary N) is 3. The molecule has 1 aromatic heterocycles. The number of carbonyl (C=O) groups is 3. The Hall–Kier alpha value is -3.20. The Morgan fingerprint density at radius 1 is 1.23 bits per heavy atom. The van der Waals surface area contributed by atoms with E-state index in [0.29, 0.717) is 25.1 Å².